The first kappa shape index (κ1) is 16.4. The monoisotopic (exact) mass is 243 g/mol. The van der Waals surface area contributed by atoms with Crippen molar-refractivity contribution in [3.63, 3.8) is 0 Å². The second-order valence-corrected chi connectivity index (χ2v) is 4.60. The van der Waals surface area contributed by atoms with E-state index in [1.54, 1.807) is 0 Å². The number of nitrogens with one attached hydrogen (secondary N) is 2. The summed E-state index contributed by atoms with van der Waals surface area (Å²) in [5, 5.41) is 6.26. The minimum Gasteiger partial charge on any atom is -0.352 e. The number of carbonyl (C=O) groups excluding carboxylic acids is 1. The number of hydrogen-bond donors (Lipinski definition) is 2. The molecule has 0 spiro atoms. The van der Waals surface area contributed by atoms with Gasteiger partial charge in [-0.05, 0) is 26.6 Å². The van der Waals surface area contributed by atoms with E-state index < -0.39 is 0 Å². The highest BCUT2D eigenvalue weighted by Crippen LogP contribution is 1.96. The van der Waals surface area contributed by atoms with Gasteiger partial charge in [0, 0.05) is 25.0 Å². The fraction of sp³-hybridized carbons (Fsp3) is 0.923. The summed E-state index contributed by atoms with van der Waals surface area (Å²) in [6, 6.07) is 0.214. The van der Waals surface area contributed by atoms with Crippen LogP contribution >= 0.6 is 0 Å². The zero-order valence-corrected chi connectivity index (χ0v) is 12.0. The summed E-state index contributed by atoms with van der Waals surface area (Å²) >= 11 is 0. The number of likely N-dealkylation sites (N-methyl/N-ethyl adjacent to an activating group) is 1. The van der Waals surface area contributed by atoms with Gasteiger partial charge in [-0.3, -0.25) is 4.79 Å². The molecule has 0 rings (SSSR count). The molecule has 2 N–H and O–H groups in total. The fourth-order valence-corrected chi connectivity index (χ4v) is 1.75. The van der Waals surface area contributed by atoms with Crippen molar-refractivity contribution in [1.29, 1.82) is 0 Å². The largest absolute Gasteiger partial charge is 0.352 e. The van der Waals surface area contributed by atoms with Gasteiger partial charge >= 0.3 is 0 Å². The summed E-state index contributed by atoms with van der Waals surface area (Å²) in [6.45, 7) is 15.0. The zero-order valence-electron chi connectivity index (χ0n) is 12.0. The standard InChI is InChI=1S/C13H29N3O/c1-6-14-9-11(4)13(17)15-12(5)10-16(7-2)8-3/h11-12,14H,6-10H2,1-5H3,(H,15,17). The Bertz CT molecular complexity index is 205. The maximum absolute atomic E-state index is 11.8. The number of carbonyl (C=O) groups is 1. The molecule has 0 aliphatic heterocycles. The van der Waals surface area contributed by atoms with Crippen LogP contribution in [0.4, 0.5) is 0 Å². The SMILES string of the molecule is CCNCC(C)C(=O)NC(C)CN(CC)CC. The third-order valence-electron chi connectivity index (χ3n) is 2.96. The summed E-state index contributed by atoms with van der Waals surface area (Å²) in [5.74, 6) is 0.180. The van der Waals surface area contributed by atoms with Gasteiger partial charge in [0.2, 0.25) is 5.91 Å². The Morgan fingerprint density at radius 2 is 1.76 bits per heavy atom. The lowest BCUT2D eigenvalue weighted by Gasteiger charge is -2.24. The highest BCUT2D eigenvalue weighted by molar-refractivity contribution is 5.78. The Hall–Kier alpha value is -0.610. The molecular formula is C13H29N3O. The topological polar surface area (TPSA) is 44.4 Å². The summed E-state index contributed by atoms with van der Waals surface area (Å²) in [6.07, 6.45) is 0. The van der Waals surface area contributed by atoms with E-state index >= 15 is 0 Å². The van der Waals surface area contributed by atoms with Gasteiger partial charge in [-0.1, -0.05) is 27.7 Å². The van der Waals surface area contributed by atoms with E-state index in [0.29, 0.717) is 0 Å². The minimum absolute atomic E-state index is 0.0362. The van der Waals surface area contributed by atoms with Gasteiger partial charge in [0.05, 0.1) is 0 Å². The maximum atomic E-state index is 11.8. The van der Waals surface area contributed by atoms with Gasteiger partial charge in [-0.15, -0.1) is 0 Å². The first-order chi connectivity index (χ1) is 8.04. The third kappa shape index (κ3) is 7.34. The molecule has 0 aliphatic rings. The number of rotatable bonds is 9. The van der Waals surface area contributed by atoms with Crippen LogP contribution in [0.3, 0.4) is 0 Å². The van der Waals surface area contributed by atoms with Crippen LogP contribution in [0.5, 0.6) is 0 Å². The molecule has 0 aromatic rings. The highest BCUT2D eigenvalue weighted by atomic mass is 16.1. The Labute approximate surface area is 106 Å². The Kier molecular flexibility index (Phi) is 9.09. The number of nitrogens with zero attached hydrogens (tertiary/aromatic N) is 1. The molecule has 0 saturated carbocycles. The van der Waals surface area contributed by atoms with E-state index in [1.807, 2.05) is 13.8 Å². The van der Waals surface area contributed by atoms with E-state index in [0.717, 1.165) is 32.7 Å². The number of amides is 1. The maximum Gasteiger partial charge on any atom is 0.224 e. The van der Waals surface area contributed by atoms with E-state index in [-0.39, 0.29) is 17.9 Å². The minimum atomic E-state index is 0.0362. The van der Waals surface area contributed by atoms with Crippen molar-refractivity contribution >= 4 is 5.91 Å². The summed E-state index contributed by atoms with van der Waals surface area (Å²) in [4.78, 5) is 14.2. The lowest BCUT2D eigenvalue weighted by molar-refractivity contribution is -0.125. The first-order valence-electron chi connectivity index (χ1n) is 6.78. The van der Waals surface area contributed by atoms with E-state index in [4.69, 9.17) is 0 Å². The van der Waals surface area contributed by atoms with Crippen LogP contribution in [-0.4, -0.2) is 49.6 Å². The molecule has 0 radical (unpaired) electrons. The van der Waals surface area contributed by atoms with Crippen molar-refractivity contribution in [3.05, 3.63) is 0 Å². The van der Waals surface area contributed by atoms with Crippen LogP contribution in [0.2, 0.25) is 0 Å². The smallest absolute Gasteiger partial charge is 0.224 e. The molecule has 0 fully saturated rings. The van der Waals surface area contributed by atoms with Crippen LogP contribution in [0.15, 0.2) is 0 Å². The summed E-state index contributed by atoms with van der Waals surface area (Å²) in [7, 11) is 0. The first-order valence-corrected chi connectivity index (χ1v) is 6.78. The quantitative estimate of drug-likeness (QED) is 0.637. The van der Waals surface area contributed by atoms with Gasteiger partial charge in [0.25, 0.3) is 0 Å². The molecule has 2 unspecified atom stereocenters. The van der Waals surface area contributed by atoms with Crippen molar-refractivity contribution in [1.82, 2.24) is 15.5 Å². The lowest BCUT2D eigenvalue weighted by Crippen LogP contribution is -2.45. The highest BCUT2D eigenvalue weighted by Gasteiger charge is 2.15. The molecule has 4 nitrogen and oxygen atoms in total. The van der Waals surface area contributed by atoms with Crippen LogP contribution < -0.4 is 10.6 Å². The van der Waals surface area contributed by atoms with Gasteiger partial charge in [0.15, 0.2) is 0 Å². The van der Waals surface area contributed by atoms with E-state index in [2.05, 4.69) is 36.3 Å². The zero-order chi connectivity index (χ0) is 13.3. The normalized spacial score (nSPS) is 14.7. The molecule has 0 saturated heterocycles. The van der Waals surface area contributed by atoms with Gasteiger partial charge < -0.3 is 15.5 Å². The molecule has 17 heavy (non-hydrogen) atoms. The van der Waals surface area contributed by atoms with Crippen molar-refractivity contribution in [2.45, 2.75) is 40.7 Å². The van der Waals surface area contributed by atoms with Crippen LogP contribution in [0, 0.1) is 5.92 Å². The predicted octanol–water partition coefficient (Wildman–Crippen LogP) is 1.08. The second kappa shape index (κ2) is 9.42. The van der Waals surface area contributed by atoms with Gasteiger partial charge in [0.1, 0.15) is 0 Å². The molecule has 4 heteroatoms. The van der Waals surface area contributed by atoms with Gasteiger partial charge in [-0.25, -0.2) is 0 Å². The van der Waals surface area contributed by atoms with Crippen molar-refractivity contribution in [2.24, 2.45) is 5.92 Å². The van der Waals surface area contributed by atoms with Crippen LogP contribution in [-0.2, 0) is 4.79 Å². The third-order valence-corrected chi connectivity index (χ3v) is 2.96. The van der Waals surface area contributed by atoms with Crippen LogP contribution in [0.1, 0.15) is 34.6 Å². The van der Waals surface area contributed by atoms with Crippen molar-refractivity contribution in [3.8, 4) is 0 Å². The van der Waals surface area contributed by atoms with E-state index in [9.17, 15) is 4.79 Å². The molecule has 1 amide bonds. The summed E-state index contributed by atoms with van der Waals surface area (Å²) < 4.78 is 0. The Morgan fingerprint density at radius 3 is 2.24 bits per heavy atom. The predicted molar refractivity (Wildman–Crippen MR) is 73.1 cm³/mol. The fourth-order valence-electron chi connectivity index (χ4n) is 1.75. The second-order valence-electron chi connectivity index (χ2n) is 4.60. The molecule has 0 heterocycles. The van der Waals surface area contributed by atoms with Crippen molar-refractivity contribution in [2.75, 3.05) is 32.7 Å². The molecule has 102 valence electrons. The van der Waals surface area contributed by atoms with E-state index in [1.165, 1.54) is 0 Å². The number of hydrogen-bond acceptors (Lipinski definition) is 3. The molecule has 0 aromatic heterocycles. The lowest BCUT2D eigenvalue weighted by atomic mass is 10.1. The van der Waals surface area contributed by atoms with Crippen LogP contribution in [0.25, 0.3) is 0 Å². The van der Waals surface area contributed by atoms with Crippen molar-refractivity contribution < 1.29 is 4.79 Å². The summed E-state index contributed by atoms with van der Waals surface area (Å²) in [5.41, 5.74) is 0. The molecule has 0 bridgehead atoms. The van der Waals surface area contributed by atoms with Gasteiger partial charge in [-0.2, -0.15) is 0 Å². The molecular weight excluding hydrogens is 214 g/mol. The Balaban J connectivity index is 3.93. The average Bonchev–Trinajstić information content (AvgIpc) is 2.32. The molecule has 0 aliphatic carbocycles. The molecule has 2 atom stereocenters. The molecule has 0 aromatic carbocycles. The Morgan fingerprint density at radius 1 is 1.18 bits per heavy atom. The average molecular weight is 243 g/mol.